The highest BCUT2D eigenvalue weighted by Gasteiger charge is 2.51. The maximum Gasteiger partial charge on any atom is 0.329 e. The highest BCUT2D eigenvalue weighted by molar-refractivity contribution is 6.31. The van der Waals surface area contributed by atoms with Gasteiger partial charge in [-0.3, -0.25) is 4.79 Å². The average Bonchev–Trinajstić information content (AvgIpc) is 3.60. The number of anilines is 1. The van der Waals surface area contributed by atoms with Gasteiger partial charge in [0.25, 0.3) is 5.91 Å². The fourth-order valence-electron chi connectivity index (χ4n) is 4.58. The van der Waals surface area contributed by atoms with Crippen LogP contribution in [0.3, 0.4) is 0 Å². The summed E-state index contributed by atoms with van der Waals surface area (Å²) in [6.45, 7) is 7.95. The number of aliphatic carboxylic acids is 1. The average molecular weight is 491 g/mol. The van der Waals surface area contributed by atoms with Crippen molar-refractivity contribution in [3.63, 3.8) is 0 Å². The van der Waals surface area contributed by atoms with Crippen molar-refractivity contribution in [3.8, 4) is 11.1 Å². The molecular formula is C29H31ClN2O3. The molecule has 5 nitrogen and oxygen atoms in total. The number of hydrogen-bond donors (Lipinski definition) is 3. The van der Waals surface area contributed by atoms with Gasteiger partial charge in [-0.1, -0.05) is 54.9 Å². The summed E-state index contributed by atoms with van der Waals surface area (Å²) >= 11 is 6.21. The Bertz CT molecular complexity index is 1270. The number of hydrogen-bond acceptors (Lipinski definition) is 3. The number of amides is 1. The van der Waals surface area contributed by atoms with Gasteiger partial charge in [-0.15, -0.1) is 0 Å². The molecule has 4 rings (SSSR count). The molecule has 1 unspecified atom stereocenters. The van der Waals surface area contributed by atoms with Crippen molar-refractivity contribution >= 4 is 29.2 Å². The predicted molar refractivity (Wildman–Crippen MR) is 141 cm³/mol. The normalized spacial score (nSPS) is 14.8. The minimum absolute atomic E-state index is 0.153. The van der Waals surface area contributed by atoms with Crippen LogP contribution in [0.2, 0.25) is 5.02 Å². The molecule has 35 heavy (non-hydrogen) atoms. The van der Waals surface area contributed by atoms with Crippen LogP contribution >= 0.6 is 11.6 Å². The van der Waals surface area contributed by atoms with E-state index in [-0.39, 0.29) is 11.9 Å². The standard InChI is InChI=1S/C29H31ClN2O3/c1-5-25(21-9-10-24(30)17(2)13-21)31-23-8-6-7-20(16-23)22-14-18(3)26(19(4)15-22)27(33)32-29(11-12-29)28(34)35/h6-10,13-16,25,31H,5,11-12H2,1-4H3,(H,32,33)(H,34,35). The Hall–Kier alpha value is -3.31. The van der Waals surface area contributed by atoms with Crippen LogP contribution in [0.4, 0.5) is 5.69 Å². The summed E-state index contributed by atoms with van der Waals surface area (Å²) in [7, 11) is 0. The van der Waals surface area contributed by atoms with Crippen molar-refractivity contribution in [2.24, 2.45) is 0 Å². The molecule has 0 saturated heterocycles. The molecular weight excluding hydrogens is 460 g/mol. The van der Waals surface area contributed by atoms with Gasteiger partial charge in [0.05, 0.1) is 6.04 Å². The molecule has 1 aliphatic rings. The van der Waals surface area contributed by atoms with Crippen molar-refractivity contribution in [1.82, 2.24) is 5.32 Å². The number of aryl methyl sites for hydroxylation is 3. The van der Waals surface area contributed by atoms with E-state index in [9.17, 15) is 14.7 Å². The molecule has 0 heterocycles. The number of rotatable bonds is 8. The van der Waals surface area contributed by atoms with Crippen LogP contribution in [-0.4, -0.2) is 22.5 Å². The smallest absolute Gasteiger partial charge is 0.329 e. The van der Waals surface area contributed by atoms with Crippen molar-refractivity contribution in [2.45, 2.75) is 58.5 Å². The minimum atomic E-state index is -1.10. The van der Waals surface area contributed by atoms with Gasteiger partial charge in [0.2, 0.25) is 0 Å². The van der Waals surface area contributed by atoms with Gasteiger partial charge < -0.3 is 15.7 Å². The molecule has 1 fully saturated rings. The topological polar surface area (TPSA) is 78.4 Å². The Kier molecular flexibility index (Phi) is 6.91. The van der Waals surface area contributed by atoms with E-state index in [4.69, 9.17) is 11.6 Å². The predicted octanol–water partition coefficient (Wildman–Crippen LogP) is 6.84. The van der Waals surface area contributed by atoms with E-state index < -0.39 is 11.5 Å². The molecule has 3 aromatic carbocycles. The van der Waals surface area contributed by atoms with Gasteiger partial charge in [-0.2, -0.15) is 0 Å². The monoisotopic (exact) mass is 490 g/mol. The van der Waals surface area contributed by atoms with Gasteiger partial charge >= 0.3 is 5.97 Å². The molecule has 1 amide bonds. The number of carbonyl (C=O) groups excluding carboxylic acids is 1. The summed E-state index contributed by atoms with van der Waals surface area (Å²) in [6, 6.07) is 18.5. The van der Waals surface area contributed by atoms with E-state index in [2.05, 4.69) is 47.9 Å². The first-order chi connectivity index (χ1) is 16.6. The zero-order valence-electron chi connectivity index (χ0n) is 20.5. The van der Waals surface area contributed by atoms with Gasteiger partial charge in [0.15, 0.2) is 0 Å². The third-order valence-electron chi connectivity index (χ3n) is 6.80. The highest BCUT2D eigenvalue weighted by Crippen LogP contribution is 2.36. The van der Waals surface area contributed by atoms with Crippen molar-refractivity contribution in [1.29, 1.82) is 0 Å². The molecule has 0 bridgehead atoms. The number of benzene rings is 3. The summed E-state index contributed by atoms with van der Waals surface area (Å²) in [5, 5.41) is 16.5. The Morgan fingerprint density at radius 1 is 0.971 bits per heavy atom. The highest BCUT2D eigenvalue weighted by atomic mass is 35.5. The van der Waals surface area contributed by atoms with Crippen LogP contribution in [0.25, 0.3) is 11.1 Å². The molecule has 0 spiro atoms. The zero-order valence-corrected chi connectivity index (χ0v) is 21.3. The molecule has 0 aromatic heterocycles. The SMILES string of the molecule is CCC(Nc1cccc(-c2cc(C)c(C(=O)NC3(C(=O)O)CC3)c(C)c2)c1)c1ccc(Cl)c(C)c1. The van der Waals surface area contributed by atoms with Crippen LogP contribution in [0.5, 0.6) is 0 Å². The molecule has 1 aliphatic carbocycles. The second-order valence-electron chi connectivity index (χ2n) is 9.52. The molecule has 1 atom stereocenters. The molecule has 6 heteroatoms. The van der Waals surface area contributed by atoms with Crippen LogP contribution in [0.1, 0.15) is 64.8 Å². The van der Waals surface area contributed by atoms with E-state index in [1.54, 1.807) is 0 Å². The third-order valence-corrected chi connectivity index (χ3v) is 7.23. The zero-order chi connectivity index (χ0) is 25.3. The van der Waals surface area contributed by atoms with Gasteiger partial charge in [0.1, 0.15) is 5.54 Å². The Morgan fingerprint density at radius 2 is 1.66 bits per heavy atom. The summed E-state index contributed by atoms with van der Waals surface area (Å²) in [5.74, 6) is -1.30. The maximum atomic E-state index is 12.9. The fourth-order valence-corrected chi connectivity index (χ4v) is 4.70. The second kappa shape index (κ2) is 9.74. The molecule has 0 aliphatic heterocycles. The maximum absolute atomic E-state index is 12.9. The molecule has 182 valence electrons. The van der Waals surface area contributed by atoms with Gasteiger partial charge in [-0.05, 0) is 91.6 Å². The van der Waals surface area contributed by atoms with Crippen molar-refractivity contribution in [2.75, 3.05) is 5.32 Å². The number of halogens is 1. The first kappa shape index (κ1) is 24.8. The van der Waals surface area contributed by atoms with E-state index in [0.717, 1.165) is 44.9 Å². The minimum Gasteiger partial charge on any atom is -0.480 e. The summed E-state index contributed by atoms with van der Waals surface area (Å²) in [4.78, 5) is 24.4. The number of nitrogens with one attached hydrogen (secondary N) is 2. The van der Waals surface area contributed by atoms with E-state index >= 15 is 0 Å². The number of carboxylic acid groups (broad SMARTS) is 1. The van der Waals surface area contributed by atoms with Crippen molar-refractivity contribution < 1.29 is 14.7 Å². The first-order valence-electron chi connectivity index (χ1n) is 11.9. The van der Waals surface area contributed by atoms with Crippen LogP contribution in [-0.2, 0) is 4.79 Å². The molecule has 3 N–H and O–H groups in total. The molecule has 3 aromatic rings. The number of carboxylic acids is 1. The summed E-state index contributed by atoms with van der Waals surface area (Å²) in [5.41, 5.74) is 6.39. The van der Waals surface area contributed by atoms with Gasteiger partial charge in [-0.25, -0.2) is 4.79 Å². The Morgan fingerprint density at radius 3 is 2.23 bits per heavy atom. The van der Waals surface area contributed by atoms with Crippen molar-refractivity contribution in [3.05, 3.63) is 87.4 Å². The lowest BCUT2D eigenvalue weighted by molar-refractivity contribution is -0.140. The van der Waals surface area contributed by atoms with Crippen LogP contribution in [0, 0.1) is 20.8 Å². The van der Waals surface area contributed by atoms with E-state index in [0.29, 0.717) is 18.4 Å². The van der Waals surface area contributed by atoms with Gasteiger partial charge in [0, 0.05) is 16.3 Å². The molecule has 0 radical (unpaired) electrons. The largest absolute Gasteiger partial charge is 0.480 e. The van der Waals surface area contributed by atoms with E-state index in [1.807, 2.05) is 45.0 Å². The molecule has 1 saturated carbocycles. The lowest BCUT2D eigenvalue weighted by Crippen LogP contribution is -2.43. The number of carbonyl (C=O) groups is 2. The first-order valence-corrected chi connectivity index (χ1v) is 12.3. The lowest BCUT2D eigenvalue weighted by Gasteiger charge is -2.20. The van der Waals surface area contributed by atoms with Crippen LogP contribution in [0.15, 0.2) is 54.6 Å². The van der Waals surface area contributed by atoms with Crippen LogP contribution < -0.4 is 10.6 Å². The Balaban J connectivity index is 1.57. The summed E-state index contributed by atoms with van der Waals surface area (Å²) < 4.78 is 0. The lowest BCUT2D eigenvalue weighted by atomic mass is 9.94. The quantitative estimate of drug-likeness (QED) is 0.323. The Labute approximate surface area is 211 Å². The summed E-state index contributed by atoms with van der Waals surface area (Å²) in [6.07, 6.45) is 1.86. The van der Waals surface area contributed by atoms with E-state index in [1.165, 1.54) is 5.56 Å². The third kappa shape index (κ3) is 5.20. The second-order valence-corrected chi connectivity index (χ2v) is 9.93. The fraction of sp³-hybridized carbons (Fsp3) is 0.310.